The molecule has 44 heavy (non-hydrogen) atoms. The molecule has 0 fully saturated rings. The molecular formula is C40H42BNO2. The first-order chi connectivity index (χ1) is 21.3. The Morgan fingerprint density at radius 1 is 0.591 bits per heavy atom. The normalized spacial score (nSPS) is 12.2. The van der Waals surface area contributed by atoms with Crippen molar-refractivity contribution in [1.29, 1.82) is 0 Å². The fourth-order valence-electron chi connectivity index (χ4n) is 5.51. The molecule has 2 N–H and O–H groups in total. The molecular weight excluding hydrogens is 537 g/mol. The minimum absolute atomic E-state index is 0.102. The van der Waals surface area contributed by atoms with Gasteiger partial charge in [0.25, 0.3) is 0 Å². The molecule has 0 unspecified atom stereocenters. The fourth-order valence-corrected chi connectivity index (χ4v) is 5.51. The summed E-state index contributed by atoms with van der Waals surface area (Å²) in [5.41, 5.74) is 11.0. The predicted octanol–water partition coefficient (Wildman–Crippen LogP) is 9.58. The van der Waals surface area contributed by atoms with Crippen molar-refractivity contribution in [1.82, 2.24) is 0 Å². The van der Waals surface area contributed by atoms with Crippen molar-refractivity contribution in [3.63, 3.8) is 0 Å². The zero-order chi connectivity index (χ0) is 31.7. The van der Waals surface area contributed by atoms with Crippen LogP contribution in [0.2, 0.25) is 0 Å². The van der Waals surface area contributed by atoms with E-state index in [1.165, 1.54) is 27.8 Å². The number of benzene rings is 5. The van der Waals surface area contributed by atoms with Crippen LogP contribution in [0.15, 0.2) is 146 Å². The van der Waals surface area contributed by atoms with Crippen LogP contribution in [-0.2, 0) is 5.41 Å². The Bertz CT molecular complexity index is 1680. The van der Waals surface area contributed by atoms with Crippen LogP contribution in [0.5, 0.6) is 0 Å². The van der Waals surface area contributed by atoms with E-state index in [9.17, 15) is 10.0 Å². The van der Waals surface area contributed by atoms with Crippen molar-refractivity contribution in [2.24, 2.45) is 0 Å². The highest BCUT2D eigenvalue weighted by molar-refractivity contribution is 6.58. The first kappa shape index (κ1) is 32.3. The highest BCUT2D eigenvalue weighted by Gasteiger charge is 2.35. The molecule has 0 saturated carbocycles. The molecule has 0 radical (unpaired) electrons. The second-order valence-electron chi connectivity index (χ2n) is 11.2. The third kappa shape index (κ3) is 6.94. The molecule has 0 bridgehead atoms. The summed E-state index contributed by atoms with van der Waals surface area (Å²) >= 11 is 0. The quantitative estimate of drug-likeness (QED) is 0.161. The summed E-state index contributed by atoms with van der Waals surface area (Å²) in [5.74, 6) is 0. The molecule has 5 aromatic rings. The highest BCUT2D eigenvalue weighted by Crippen LogP contribution is 2.50. The minimum Gasteiger partial charge on any atom is -0.423 e. The summed E-state index contributed by atoms with van der Waals surface area (Å²) in [4.78, 5) is 2.22. The van der Waals surface area contributed by atoms with Crippen LogP contribution in [0.1, 0.15) is 45.7 Å². The molecule has 0 atom stereocenters. The van der Waals surface area contributed by atoms with Gasteiger partial charge in [-0.3, -0.25) is 0 Å². The lowest BCUT2D eigenvalue weighted by Gasteiger charge is -2.28. The molecule has 3 nitrogen and oxygen atoms in total. The molecule has 0 amide bonds. The van der Waals surface area contributed by atoms with Crippen LogP contribution in [0.4, 0.5) is 17.1 Å². The number of nitrogens with zero attached hydrogens (tertiary/aromatic N) is 1. The number of hydrogen-bond acceptors (Lipinski definition) is 3. The van der Waals surface area contributed by atoms with Crippen LogP contribution < -0.4 is 10.4 Å². The molecule has 1 aliphatic carbocycles. The SMILES string of the molecule is C/C=C\C.C=CC.CC1(C)c2ccccc2-c2ccc(N(c3ccc(B(O)O)cc3)c3ccc(-c4ccccc4)cc3)cc21. The number of fused-ring (bicyclic) bond motifs is 3. The summed E-state index contributed by atoms with van der Waals surface area (Å²) in [6.45, 7) is 13.8. The van der Waals surface area contributed by atoms with Crippen LogP contribution >= 0.6 is 0 Å². The molecule has 1 aliphatic rings. The summed E-state index contributed by atoms with van der Waals surface area (Å²) in [6.07, 6.45) is 5.75. The monoisotopic (exact) mass is 579 g/mol. The maximum Gasteiger partial charge on any atom is 0.488 e. The van der Waals surface area contributed by atoms with E-state index in [0.717, 1.165) is 22.6 Å². The second kappa shape index (κ2) is 14.7. The number of anilines is 3. The van der Waals surface area contributed by atoms with Gasteiger partial charge in [-0.15, -0.1) is 6.58 Å². The van der Waals surface area contributed by atoms with E-state index in [1.807, 2.05) is 51.1 Å². The zero-order valence-electron chi connectivity index (χ0n) is 26.4. The van der Waals surface area contributed by atoms with E-state index >= 15 is 0 Å². The average Bonchev–Trinajstić information content (AvgIpc) is 3.28. The summed E-state index contributed by atoms with van der Waals surface area (Å²) < 4.78 is 0. The molecule has 0 aromatic heterocycles. The van der Waals surface area contributed by atoms with Crippen molar-refractivity contribution in [2.45, 2.75) is 40.0 Å². The Labute approximate surface area is 263 Å². The van der Waals surface area contributed by atoms with Crippen molar-refractivity contribution < 1.29 is 10.0 Å². The predicted molar refractivity (Wildman–Crippen MR) is 190 cm³/mol. The van der Waals surface area contributed by atoms with Gasteiger partial charge in [-0.25, -0.2) is 0 Å². The number of allylic oxidation sites excluding steroid dienone is 3. The molecule has 4 heteroatoms. The first-order valence-electron chi connectivity index (χ1n) is 15.1. The van der Waals surface area contributed by atoms with Crippen molar-refractivity contribution in [3.05, 3.63) is 157 Å². The number of rotatable bonds is 5. The van der Waals surface area contributed by atoms with E-state index in [2.05, 4.69) is 116 Å². The van der Waals surface area contributed by atoms with E-state index in [-0.39, 0.29) is 5.41 Å². The number of hydrogen-bond donors (Lipinski definition) is 2. The Morgan fingerprint density at radius 2 is 1.07 bits per heavy atom. The maximum absolute atomic E-state index is 9.62. The van der Waals surface area contributed by atoms with Crippen LogP contribution in [-0.4, -0.2) is 17.2 Å². The zero-order valence-corrected chi connectivity index (χ0v) is 26.4. The van der Waals surface area contributed by atoms with E-state index in [0.29, 0.717) is 5.46 Å². The topological polar surface area (TPSA) is 43.7 Å². The van der Waals surface area contributed by atoms with Gasteiger partial charge in [0.1, 0.15) is 0 Å². The Balaban J connectivity index is 0.000000576. The third-order valence-corrected chi connectivity index (χ3v) is 7.84. The first-order valence-corrected chi connectivity index (χ1v) is 15.1. The molecule has 0 heterocycles. The highest BCUT2D eigenvalue weighted by atomic mass is 16.4. The lowest BCUT2D eigenvalue weighted by Crippen LogP contribution is -2.29. The largest absolute Gasteiger partial charge is 0.488 e. The Morgan fingerprint density at radius 3 is 1.64 bits per heavy atom. The van der Waals surface area contributed by atoms with Gasteiger partial charge in [0.15, 0.2) is 0 Å². The molecule has 6 rings (SSSR count). The summed E-state index contributed by atoms with van der Waals surface area (Å²) in [6, 6.07) is 41.7. The van der Waals surface area contributed by atoms with E-state index in [4.69, 9.17) is 0 Å². The maximum atomic E-state index is 9.62. The lowest BCUT2D eigenvalue weighted by molar-refractivity contribution is 0.426. The van der Waals surface area contributed by atoms with Crippen molar-refractivity contribution >= 4 is 29.6 Å². The van der Waals surface area contributed by atoms with Crippen molar-refractivity contribution in [3.8, 4) is 22.3 Å². The van der Waals surface area contributed by atoms with Gasteiger partial charge < -0.3 is 14.9 Å². The molecule has 222 valence electrons. The minimum atomic E-state index is -1.49. The average molecular weight is 580 g/mol. The Hall–Kier alpha value is -4.64. The van der Waals surface area contributed by atoms with Gasteiger partial charge in [-0.1, -0.05) is 117 Å². The van der Waals surface area contributed by atoms with Crippen molar-refractivity contribution in [2.75, 3.05) is 4.90 Å². The van der Waals surface area contributed by atoms with Crippen LogP contribution in [0.25, 0.3) is 22.3 Å². The fraction of sp³-hybridized carbons (Fsp3) is 0.150. The molecule has 5 aromatic carbocycles. The van der Waals surface area contributed by atoms with Gasteiger partial charge >= 0.3 is 7.12 Å². The molecule has 0 spiro atoms. The Kier molecular flexibility index (Phi) is 10.8. The standard InChI is InChI=1S/C33H28BNO2.C4H8.C3H6/c1-33(2)31-11-7-6-10-29(31)30-21-20-28(22-32(30)33)35(27-18-14-25(15-19-27)34(36)37)26-16-12-24(13-17-26)23-8-4-3-5-9-23;1-3-4-2;1-3-2/h3-22,36-37H,1-2H3;3-4H,1-2H3;3H,1H2,2H3/b;4-3-;. The van der Waals surface area contributed by atoms with Gasteiger partial charge in [0.05, 0.1) is 0 Å². The van der Waals surface area contributed by atoms with E-state index in [1.54, 1.807) is 18.2 Å². The van der Waals surface area contributed by atoms with Gasteiger partial charge in [-0.2, -0.15) is 0 Å². The van der Waals surface area contributed by atoms with Crippen LogP contribution in [0, 0.1) is 0 Å². The third-order valence-electron chi connectivity index (χ3n) is 7.84. The van der Waals surface area contributed by atoms with Gasteiger partial charge in [0, 0.05) is 22.5 Å². The molecule has 0 aliphatic heterocycles. The lowest BCUT2D eigenvalue weighted by atomic mass is 9.80. The smallest absolute Gasteiger partial charge is 0.423 e. The molecule has 0 saturated heterocycles. The summed E-state index contributed by atoms with van der Waals surface area (Å²) in [5, 5.41) is 19.2. The van der Waals surface area contributed by atoms with Gasteiger partial charge in [0.2, 0.25) is 0 Å². The van der Waals surface area contributed by atoms with E-state index < -0.39 is 7.12 Å². The second-order valence-corrected chi connectivity index (χ2v) is 11.2. The summed E-state index contributed by atoms with van der Waals surface area (Å²) in [7, 11) is -1.49. The van der Waals surface area contributed by atoms with Crippen LogP contribution in [0.3, 0.4) is 0 Å². The van der Waals surface area contributed by atoms with Gasteiger partial charge in [-0.05, 0) is 96.0 Å².